The van der Waals surface area contributed by atoms with E-state index in [1.54, 1.807) is 30.9 Å². The Bertz CT molecular complexity index is 1070. The van der Waals surface area contributed by atoms with Crippen LogP contribution in [0.4, 0.5) is 18.9 Å². The molecule has 1 aliphatic rings. The van der Waals surface area contributed by atoms with Gasteiger partial charge in [-0.2, -0.15) is 13.2 Å². The number of fused-ring (bicyclic) bond motifs is 1. The summed E-state index contributed by atoms with van der Waals surface area (Å²) in [5.74, 6) is 1.25. The van der Waals surface area contributed by atoms with Gasteiger partial charge in [0.05, 0.1) is 16.6 Å². The van der Waals surface area contributed by atoms with Gasteiger partial charge in [0.1, 0.15) is 11.5 Å². The first-order valence-electron chi connectivity index (χ1n) is 9.31. The minimum absolute atomic E-state index is 0.0617. The molecule has 0 aliphatic carbocycles. The van der Waals surface area contributed by atoms with E-state index in [2.05, 4.69) is 9.88 Å². The Morgan fingerprint density at radius 2 is 1.79 bits per heavy atom. The largest absolute Gasteiger partial charge is 0.466 e. The molecule has 0 bridgehead atoms. The van der Waals surface area contributed by atoms with Crippen molar-refractivity contribution >= 4 is 22.5 Å². The average Bonchev–Trinajstić information content (AvgIpc) is 3.04. The second-order valence-corrected chi connectivity index (χ2v) is 7.17. The molecule has 0 atom stereocenters. The number of amides is 1. The lowest BCUT2D eigenvalue weighted by atomic mass is 10.1. The van der Waals surface area contributed by atoms with E-state index in [0.717, 1.165) is 17.8 Å². The van der Waals surface area contributed by atoms with Crippen LogP contribution in [0.5, 0.6) is 0 Å². The van der Waals surface area contributed by atoms with Crippen molar-refractivity contribution in [3.8, 4) is 0 Å². The number of alkyl halides is 3. The molecule has 8 heteroatoms. The molecule has 1 aliphatic heterocycles. The van der Waals surface area contributed by atoms with Crippen LogP contribution in [0, 0.1) is 13.8 Å². The number of anilines is 1. The second kappa shape index (κ2) is 7.09. The van der Waals surface area contributed by atoms with E-state index in [0.29, 0.717) is 54.2 Å². The maximum Gasteiger partial charge on any atom is 0.416 e. The van der Waals surface area contributed by atoms with Gasteiger partial charge in [-0.15, -0.1) is 0 Å². The number of nitrogens with zero attached hydrogens (tertiary/aromatic N) is 3. The summed E-state index contributed by atoms with van der Waals surface area (Å²) in [6.45, 7) is 5.79. The first-order chi connectivity index (χ1) is 13.7. The van der Waals surface area contributed by atoms with Crippen LogP contribution in [0.25, 0.3) is 10.9 Å². The highest BCUT2D eigenvalue weighted by atomic mass is 19.4. The van der Waals surface area contributed by atoms with Gasteiger partial charge in [-0.25, -0.2) is 0 Å². The predicted octanol–water partition coefficient (Wildman–Crippen LogP) is 4.43. The van der Waals surface area contributed by atoms with Gasteiger partial charge in [-0.3, -0.25) is 9.78 Å². The lowest BCUT2D eigenvalue weighted by molar-refractivity contribution is -0.137. The van der Waals surface area contributed by atoms with Gasteiger partial charge < -0.3 is 14.2 Å². The van der Waals surface area contributed by atoms with Gasteiger partial charge in [0.25, 0.3) is 5.91 Å². The highest BCUT2D eigenvalue weighted by Gasteiger charge is 2.31. The third-order valence-corrected chi connectivity index (χ3v) is 5.23. The molecule has 5 nitrogen and oxygen atoms in total. The van der Waals surface area contributed by atoms with Crippen LogP contribution in [0.2, 0.25) is 0 Å². The maximum atomic E-state index is 13.0. The van der Waals surface area contributed by atoms with Gasteiger partial charge in [-0.1, -0.05) is 6.07 Å². The van der Waals surface area contributed by atoms with E-state index < -0.39 is 11.7 Å². The molecular weight excluding hydrogens is 383 g/mol. The predicted molar refractivity (Wildman–Crippen MR) is 103 cm³/mol. The minimum Gasteiger partial charge on any atom is -0.466 e. The van der Waals surface area contributed by atoms with Crippen molar-refractivity contribution in [3.05, 3.63) is 59.2 Å². The number of aryl methyl sites for hydroxylation is 2. The standard InChI is InChI=1S/C21H20F3N3O2/c1-13-11-17(14(2)29-13)20(28)27-9-7-26(8-10-27)19-5-6-25-18-12-15(21(22,23)24)3-4-16(18)19/h3-6,11-12H,7-10H2,1-2H3. The lowest BCUT2D eigenvalue weighted by Gasteiger charge is -2.36. The van der Waals surface area contributed by atoms with E-state index >= 15 is 0 Å². The molecule has 1 saturated heterocycles. The SMILES string of the molecule is Cc1cc(C(=O)N2CCN(c3ccnc4cc(C(F)(F)F)ccc34)CC2)c(C)o1. The van der Waals surface area contributed by atoms with Crippen molar-refractivity contribution in [1.82, 2.24) is 9.88 Å². The summed E-state index contributed by atoms with van der Waals surface area (Å²) in [5, 5.41) is 0.668. The fraction of sp³-hybridized carbons (Fsp3) is 0.333. The zero-order valence-electron chi connectivity index (χ0n) is 16.1. The summed E-state index contributed by atoms with van der Waals surface area (Å²) >= 11 is 0. The summed E-state index contributed by atoms with van der Waals surface area (Å²) in [7, 11) is 0. The van der Waals surface area contributed by atoms with Crippen molar-refractivity contribution in [2.45, 2.75) is 20.0 Å². The normalized spacial score (nSPS) is 15.2. The molecule has 0 unspecified atom stereocenters. The van der Waals surface area contributed by atoms with Gasteiger partial charge in [-0.05, 0) is 38.1 Å². The zero-order chi connectivity index (χ0) is 20.8. The van der Waals surface area contributed by atoms with Crippen LogP contribution >= 0.6 is 0 Å². The Morgan fingerprint density at radius 3 is 2.41 bits per heavy atom. The number of furan rings is 1. The Labute approximate surface area is 165 Å². The molecule has 0 N–H and O–H groups in total. The molecule has 1 aromatic carbocycles. The maximum absolute atomic E-state index is 13.0. The summed E-state index contributed by atoms with van der Waals surface area (Å²) < 4.78 is 44.4. The smallest absolute Gasteiger partial charge is 0.416 e. The van der Waals surface area contributed by atoms with E-state index in [4.69, 9.17) is 4.42 Å². The number of halogens is 3. The fourth-order valence-electron chi connectivity index (χ4n) is 3.75. The molecule has 3 aromatic rings. The van der Waals surface area contributed by atoms with Gasteiger partial charge in [0.2, 0.25) is 0 Å². The molecule has 0 saturated carbocycles. The second-order valence-electron chi connectivity index (χ2n) is 7.17. The molecule has 4 rings (SSSR count). The van der Waals surface area contributed by atoms with Gasteiger partial charge in [0, 0.05) is 43.4 Å². The number of aromatic nitrogens is 1. The molecule has 3 heterocycles. The third-order valence-electron chi connectivity index (χ3n) is 5.23. The van der Waals surface area contributed by atoms with Crippen LogP contribution < -0.4 is 4.90 Å². The summed E-state index contributed by atoms with van der Waals surface area (Å²) in [4.78, 5) is 20.7. The molecule has 1 amide bonds. The third kappa shape index (κ3) is 3.66. The van der Waals surface area contributed by atoms with Crippen LogP contribution in [-0.4, -0.2) is 42.0 Å². The Morgan fingerprint density at radius 1 is 1.07 bits per heavy atom. The minimum atomic E-state index is -4.40. The summed E-state index contributed by atoms with van der Waals surface area (Å²) in [5.41, 5.74) is 0.993. The van der Waals surface area contributed by atoms with Crippen molar-refractivity contribution in [1.29, 1.82) is 0 Å². The monoisotopic (exact) mass is 403 g/mol. The van der Waals surface area contributed by atoms with E-state index in [-0.39, 0.29) is 5.91 Å². The number of hydrogen-bond donors (Lipinski definition) is 0. The topological polar surface area (TPSA) is 49.6 Å². The lowest BCUT2D eigenvalue weighted by Crippen LogP contribution is -2.48. The van der Waals surface area contributed by atoms with Crippen molar-refractivity contribution in [2.24, 2.45) is 0 Å². The van der Waals surface area contributed by atoms with Gasteiger partial charge >= 0.3 is 6.18 Å². The summed E-state index contributed by atoms with van der Waals surface area (Å²) in [6, 6.07) is 7.17. The quantitative estimate of drug-likeness (QED) is 0.635. The molecule has 2 aromatic heterocycles. The van der Waals surface area contributed by atoms with Gasteiger partial charge in [0.15, 0.2) is 0 Å². The number of pyridine rings is 1. The van der Waals surface area contributed by atoms with Crippen molar-refractivity contribution in [2.75, 3.05) is 31.1 Å². The molecule has 0 radical (unpaired) electrons. The number of rotatable bonds is 2. The van der Waals surface area contributed by atoms with Crippen LogP contribution in [0.15, 0.2) is 40.9 Å². The number of benzene rings is 1. The number of carbonyl (C=O) groups excluding carboxylic acids is 1. The highest BCUT2D eigenvalue weighted by molar-refractivity contribution is 5.96. The number of carbonyl (C=O) groups is 1. The zero-order valence-corrected chi connectivity index (χ0v) is 16.1. The first-order valence-corrected chi connectivity index (χ1v) is 9.31. The number of piperazine rings is 1. The highest BCUT2D eigenvalue weighted by Crippen LogP contribution is 2.33. The van der Waals surface area contributed by atoms with E-state index in [1.165, 1.54) is 12.3 Å². The van der Waals surface area contributed by atoms with E-state index in [9.17, 15) is 18.0 Å². The Balaban J connectivity index is 1.53. The average molecular weight is 403 g/mol. The Kier molecular flexibility index (Phi) is 4.72. The molecule has 29 heavy (non-hydrogen) atoms. The Hall–Kier alpha value is -3.03. The van der Waals surface area contributed by atoms with Crippen LogP contribution in [0.1, 0.15) is 27.4 Å². The van der Waals surface area contributed by atoms with Crippen LogP contribution in [0.3, 0.4) is 0 Å². The molecule has 152 valence electrons. The van der Waals surface area contributed by atoms with Crippen molar-refractivity contribution in [3.63, 3.8) is 0 Å². The molecule has 1 fully saturated rings. The van der Waals surface area contributed by atoms with E-state index in [1.807, 2.05) is 0 Å². The molecule has 0 spiro atoms. The number of hydrogen-bond acceptors (Lipinski definition) is 4. The van der Waals surface area contributed by atoms with Crippen molar-refractivity contribution < 1.29 is 22.4 Å². The first kappa shape index (κ1) is 19.3. The summed E-state index contributed by atoms with van der Waals surface area (Å²) in [6.07, 6.45) is -2.88. The fourth-order valence-corrected chi connectivity index (χ4v) is 3.75. The molecular formula is C21H20F3N3O2. The van der Waals surface area contributed by atoms with Crippen LogP contribution in [-0.2, 0) is 6.18 Å².